The molecule has 0 radical (unpaired) electrons. The molecule has 0 bridgehead atoms. The molecule has 3 aromatic carbocycles. The third-order valence-corrected chi connectivity index (χ3v) is 4.33. The molecule has 9 nitrogen and oxygen atoms in total. The molecule has 2 amide bonds. The number of rotatable bonds is 7. The van der Waals surface area contributed by atoms with E-state index in [1.54, 1.807) is 66.7 Å². The highest BCUT2D eigenvalue weighted by atomic mass is 16.6. The Morgan fingerprint density at radius 2 is 1.55 bits per heavy atom. The molecule has 9 heteroatoms. The van der Waals surface area contributed by atoms with Gasteiger partial charge in [-0.2, -0.15) is 5.10 Å². The van der Waals surface area contributed by atoms with Crippen molar-refractivity contribution in [1.82, 2.24) is 5.43 Å². The van der Waals surface area contributed by atoms with E-state index in [4.69, 9.17) is 14.2 Å². The van der Waals surface area contributed by atoms with E-state index in [0.29, 0.717) is 22.6 Å². The minimum atomic E-state index is -0.924. The van der Waals surface area contributed by atoms with Gasteiger partial charge in [0.15, 0.2) is 11.5 Å². The molecule has 0 unspecified atom stereocenters. The molecule has 0 aromatic heterocycles. The van der Waals surface area contributed by atoms with E-state index < -0.39 is 17.8 Å². The van der Waals surface area contributed by atoms with Gasteiger partial charge in [0.05, 0.1) is 26.0 Å². The predicted molar refractivity (Wildman–Crippen MR) is 122 cm³/mol. The molecule has 0 fully saturated rings. The van der Waals surface area contributed by atoms with Gasteiger partial charge in [-0.25, -0.2) is 10.2 Å². The third kappa shape index (κ3) is 6.41. The Balaban J connectivity index is 1.60. The fourth-order valence-electron chi connectivity index (χ4n) is 2.66. The van der Waals surface area contributed by atoms with E-state index in [2.05, 4.69) is 15.8 Å². The number of carbonyl (C=O) groups is 3. The molecule has 168 valence electrons. The number of carbonyl (C=O) groups excluding carboxylic acids is 3. The van der Waals surface area contributed by atoms with Gasteiger partial charge in [0, 0.05) is 5.69 Å². The Bertz CT molecular complexity index is 1160. The smallest absolute Gasteiger partial charge is 0.343 e. The average Bonchev–Trinajstić information content (AvgIpc) is 2.85. The van der Waals surface area contributed by atoms with Crippen LogP contribution in [0, 0.1) is 0 Å². The van der Waals surface area contributed by atoms with Gasteiger partial charge in [-0.1, -0.05) is 18.2 Å². The Hall–Kier alpha value is -4.66. The highest BCUT2D eigenvalue weighted by Crippen LogP contribution is 2.28. The van der Waals surface area contributed by atoms with Crippen molar-refractivity contribution in [3.05, 3.63) is 83.9 Å². The number of benzene rings is 3. The van der Waals surface area contributed by atoms with Gasteiger partial charge < -0.3 is 19.5 Å². The molecular formula is C24H21N3O6. The van der Waals surface area contributed by atoms with E-state index >= 15 is 0 Å². The second kappa shape index (κ2) is 11.1. The van der Waals surface area contributed by atoms with Gasteiger partial charge in [0.25, 0.3) is 0 Å². The molecule has 0 saturated carbocycles. The van der Waals surface area contributed by atoms with Crippen LogP contribution in [0.4, 0.5) is 5.69 Å². The van der Waals surface area contributed by atoms with Gasteiger partial charge in [-0.05, 0) is 60.2 Å². The van der Waals surface area contributed by atoms with E-state index in [1.165, 1.54) is 26.5 Å². The second-order valence-corrected chi connectivity index (χ2v) is 6.55. The molecule has 0 aliphatic rings. The molecule has 0 heterocycles. The zero-order valence-electron chi connectivity index (χ0n) is 17.9. The zero-order chi connectivity index (χ0) is 23.6. The normalized spacial score (nSPS) is 10.4. The minimum absolute atomic E-state index is 0.210. The minimum Gasteiger partial charge on any atom is -0.497 e. The number of ether oxygens (including phenoxy) is 3. The number of para-hydroxylation sites is 1. The van der Waals surface area contributed by atoms with Crippen molar-refractivity contribution < 1.29 is 28.6 Å². The summed E-state index contributed by atoms with van der Waals surface area (Å²) in [4.78, 5) is 36.1. The van der Waals surface area contributed by atoms with Gasteiger partial charge >= 0.3 is 17.8 Å². The van der Waals surface area contributed by atoms with Crippen molar-refractivity contribution in [3.63, 3.8) is 0 Å². The first-order chi connectivity index (χ1) is 16.0. The average molecular weight is 447 g/mol. The molecule has 2 N–H and O–H groups in total. The summed E-state index contributed by atoms with van der Waals surface area (Å²) in [5.41, 5.74) is 3.53. The lowest BCUT2D eigenvalue weighted by molar-refractivity contribution is -0.136. The standard InChI is InChI=1S/C24H21N3O6/c1-31-19-11-9-17(10-12-19)24(30)33-20-13-8-16(14-21(20)32-2)15-25-27-23(29)22(28)26-18-6-4-3-5-7-18/h3-15H,1-2H3,(H,26,28)(H,27,29)/b25-15-. The highest BCUT2D eigenvalue weighted by molar-refractivity contribution is 6.39. The van der Waals surface area contributed by atoms with Gasteiger partial charge in [-0.3, -0.25) is 9.59 Å². The van der Waals surface area contributed by atoms with Crippen molar-refractivity contribution in [2.45, 2.75) is 0 Å². The first-order valence-electron chi connectivity index (χ1n) is 9.74. The topological polar surface area (TPSA) is 115 Å². The summed E-state index contributed by atoms with van der Waals surface area (Å²) >= 11 is 0. The lowest BCUT2D eigenvalue weighted by atomic mass is 10.2. The Labute approximate surface area is 190 Å². The Kier molecular flexibility index (Phi) is 7.74. The van der Waals surface area contributed by atoms with Gasteiger partial charge in [0.2, 0.25) is 0 Å². The summed E-state index contributed by atoms with van der Waals surface area (Å²) in [6, 6.07) is 19.8. The molecule has 3 rings (SSSR count). The largest absolute Gasteiger partial charge is 0.497 e. The van der Waals surface area contributed by atoms with Crippen LogP contribution in [0.2, 0.25) is 0 Å². The Morgan fingerprint density at radius 3 is 2.21 bits per heavy atom. The number of amides is 2. The fourth-order valence-corrected chi connectivity index (χ4v) is 2.66. The van der Waals surface area contributed by atoms with E-state index in [1.807, 2.05) is 0 Å². The van der Waals surface area contributed by atoms with Crippen LogP contribution in [-0.2, 0) is 9.59 Å². The summed E-state index contributed by atoms with van der Waals surface area (Å²) in [6.07, 6.45) is 1.32. The Morgan fingerprint density at radius 1 is 0.818 bits per heavy atom. The fraction of sp³-hybridized carbons (Fsp3) is 0.0833. The summed E-state index contributed by atoms with van der Waals surface area (Å²) < 4.78 is 15.8. The molecule has 0 atom stereocenters. The number of nitrogens with zero attached hydrogens (tertiary/aromatic N) is 1. The number of esters is 1. The number of hydrazone groups is 1. The first-order valence-corrected chi connectivity index (χ1v) is 9.74. The van der Waals surface area contributed by atoms with E-state index in [9.17, 15) is 14.4 Å². The quantitative estimate of drug-likeness (QED) is 0.189. The van der Waals surface area contributed by atoms with Crippen LogP contribution in [-0.4, -0.2) is 38.2 Å². The summed E-state index contributed by atoms with van der Waals surface area (Å²) in [7, 11) is 2.96. The summed E-state index contributed by atoms with van der Waals surface area (Å²) in [5.74, 6) is -1.22. The van der Waals surface area contributed by atoms with Crippen LogP contribution in [0.3, 0.4) is 0 Å². The third-order valence-electron chi connectivity index (χ3n) is 4.33. The highest BCUT2D eigenvalue weighted by Gasteiger charge is 2.14. The van der Waals surface area contributed by atoms with Crippen LogP contribution in [0.5, 0.6) is 17.2 Å². The van der Waals surface area contributed by atoms with Crippen molar-refractivity contribution in [2.24, 2.45) is 5.10 Å². The van der Waals surface area contributed by atoms with Crippen molar-refractivity contribution in [3.8, 4) is 17.2 Å². The SMILES string of the molecule is COc1ccc(C(=O)Oc2ccc(/C=N\NC(=O)C(=O)Nc3ccccc3)cc2OC)cc1. The zero-order valence-corrected chi connectivity index (χ0v) is 17.9. The molecule has 33 heavy (non-hydrogen) atoms. The maximum absolute atomic E-state index is 12.4. The number of anilines is 1. The number of hydrogen-bond donors (Lipinski definition) is 2. The van der Waals surface area contributed by atoms with Crippen LogP contribution in [0.15, 0.2) is 77.9 Å². The molecule has 0 saturated heterocycles. The van der Waals surface area contributed by atoms with Crippen LogP contribution in [0.25, 0.3) is 0 Å². The van der Waals surface area contributed by atoms with Gasteiger partial charge in [-0.15, -0.1) is 0 Å². The molecule has 0 aliphatic carbocycles. The molecule has 0 aliphatic heterocycles. The maximum Gasteiger partial charge on any atom is 0.343 e. The van der Waals surface area contributed by atoms with E-state index in [-0.39, 0.29) is 11.5 Å². The van der Waals surface area contributed by atoms with Crippen LogP contribution in [0.1, 0.15) is 15.9 Å². The van der Waals surface area contributed by atoms with E-state index in [0.717, 1.165) is 0 Å². The molecule has 3 aromatic rings. The van der Waals surface area contributed by atoms with Crippen molar-refractivity contribution >= 4 is 29.7 Å². The number of nitrogens with one attached hydrogen (secondary N) is 2. The van der Waals surface area contributed by atoms with Crippen LogP contribution >= 0.6 is 0 Å². The monoisotopic (exact) mass is 447 g/mol. The molecule has 0 spiro atoms. The molecular weight excluding hydrogens is 426 g/mol. The second-order valence-electron chi connectivity index (χ2n) is 6.55. The number of methoxy groups -OCH3 is 2. The van der Waals surface area contributed by atoms with Gasteiger partial charge in [0.1, 0.15) is 5.75 Å². The van der Waals surface area contributed by atoms with Crippen LogP contribution < -0.4 is 25.0 Å². The first kappa shape index (κ1) is 23.0. The number of hydrogen-bond acceptors (Lipinski definition) is 7. The predicted octanol–water partition coefficient (Wildman–Crippen LogP) is 3.01. The lowest BCUT2D eigenvalue weighted by Crippen LogP contribution is -2.32. The summed E-state index contributed by atoms with van der Waals surface area (Å²) in [6.45, 7) is 0. The lowest BCUT2D eigenvalue weighted by Gasteiger charge is -2.10. The van der Waals surface area contributed by atoms with Crippen molar-refractivity contribution in [2.75, 3.05) is 19.5 Å². The summed E-state index contributed by atoms with van der Waals surface area (Å²) in [5, 5.41) is 6.23. The van der Waals surface area contributed by atoms with Crippen molar-refractivity contribution in [1.29, 1.82) is 0 Å². The maximum atomic E-state index is 12.4.